The number of H-pyrrole nitrogens is 1. The third-order valence-corrected chi connectivity index (χ3v) is 6.24. The first-order valence-electron chi connectivity index (χ1n) is 12.9. The number of nitrogens with zero attached hydrogens (tertiary/aromatic N) is 2. The number of benzene rings is 1. The second-order valence-electron chi connectivity index (χ2n) is 9.68. The van der Waals surface area contributed by atoms with Gasteiger partial charge in [-0.2, -0.15) is 13.2 Å². The van der Waals surface area contributed by atoms with E-state index in [1.807, 2.05) is 0 Å². The van der Waals surface area contributed by atoms with Crippen LogP contribution in [0.3, 0.4) is 0 Å². The number of hydrogen-bond donors (Lipinski definition) is 3. The van der Waals surface area contributed by atoms with Crippen LogP contribution in [0.15, 0.2) is 53.5 Å². The fourth-order valence-corrected chi connectivity index (χ4v) is 4.12. The Balaban J connectivity index is 1.78. The average Bonchev–Trinajstić information content (AvgIpc) is 3.32. The summed E-state index contributed by atoms with van der Waals surface area (Å²) in [7, 11) is 4.30. The molecule has 2 heterocycles. The highest BCUT2D eigenvalue weighted by molar-refractivity contribution is 5.96. The van der Waals surface area contributed by atoms with Gasteiger partial charge < -0.3 is 29.8 Å². The second kappa shape index (κ2) is 13.8. The number of halogens is 4. The molecule has 14 heteroatoms. The third kappa shape index (κ3) is 8.94. The molecule has 226 valence electrons. The number of pyridine rings is 1. The van der Waals surface area contributed by atoms with Crippen molar-refractivity contribution in [2.75, 3.05) is 26.5 Å². The summed E-state index contributed by atoms with van der Waals surface area (Å²) in [5.74, 6) is -1.63. The average molecular weight is 594 g/mol. The van der Waals surface area contributed by atoms with Crippen molar-refractivity contribution in [1.29, 1.82) is 0 Å². The van der Waals surface area contributed by atoms with Crippen LogP contribution in [-0.4, -0.2) is 65.8 Å². The SMILES string of the molecule is COC(=O)N[C@@H](CC/C=C/C(=O)N(C)C)C(=O)Nc1cccn(Cc2cc3cc(F)cc(CCC(F)(F)F)c3[nH]2)c1=O. The number of aromatic nitrogens is 2. The molecular weight excluding hydrogens is 562 g/mol. The first kappa shape index (κ1) is 31.9. The minimum Gasteiger partial charge on any atom is -0.453 e. The zero-order valence-electron chi connectivity index (χ0n) is 23.2. The molecule has 0 saturated heterocycles. The molecule has 0 spiro atoms. The van der Waals surface area contributed by atoms with Gasteiger partial charge in [0.05, 0.1) is 13.7 Å². The number of fused-ring (bicyclic) bond motifs is 1. The Hall–Kier alpha value is -4.62. The molecule has 42 heavy (non-hydrogen) atoms. The molecule has 0 unspecified atom stereocenters. The second-order valence-corrected chi connectivity index (χ2v) is 9.68. The van der Waals surface area contributed by atoms with Gasteiger partial charge in [-0.25, -0.2) is 9.18 Å². The summed E-state index contributed by atoms with van der Waals surface area (Å²) in [5.41, 5.74) is 0.240. The number of ether oxygens (including phenoxy) is 1. The number of carbonyl (C=O) groups is 3. The Labute approximate surface area is 238 Å². The van der Waals surface area contributed by atoms with Crippen molar-refractivity contribution in [3.63, 3.8) is 0 Å². The number of rotatable bonds is 11. The summed E-state index contributed by atoms with van der Waals surface area (Å²) in [5, 5.41) is 5.26. The number of anilines is 1. The van der Waals surface area contributed by atoms with Crippen LogP contribution in [0.1, 0.15) is 30.5 Å². The van der Waals surface area contributed by atoms with Crippen molar-refractivity contribution in [3.8, 4) is 0 Å². The number of alkyl halides is 3. The van der Waals surface area contributed by atoms with Gasteiger partial charge in [-0.15, -0.1) is 0 Å². The van der Waals surface area contributed by atoms with Gasteiger partial charge in [0.2, 0.25) is 11.8 Å². The summed E-state index contributed by atoms with van der Waals surface area (Å²) in [4.78, 5) is 54.0. The van der Waals surface area contributed by atoms with E-state index in [0.29, 0.717) is 16.6 Å². The van der Waals surface area contributed by atoms with Crippen molar-refractivity contribution < 1.29 is 36.7 Å². The summed E-state index contributed by atoms with van der Waals surface area (Å²) in [6, 6.07) is 5.56. The highest BCUT2D eigenvalue weighted by atomic mass is 19.4. The van der Waals surface area contributed by atoms with Gasteiger partial charge in [-0.3, -0.25) is 14.4 Å². The van der Waals surface area contributed by atoms with E-state index in [1.165, 1.54) is 46.0 Å². The van der Waals surface area contributed by atoms with E-state index in [4.69, 9.17) is 0 Å². The highest BCUT2D eigenvalue weighted by Gasteiger charge is 2.27. The van der Waals surface area contributed by atoms with E-state index in [1.54, 1.807) is 20.2 Å². The van der Waals surface area contributed by atoms with E-state index in [0.717, 1.165) is 13.2 Å². The Morgan fingerprint density at radius 3 is 2.60 bits per heavy atom. The Morgan fingerprint density at radius 2 is 1.93 bits per heavy atom. The summed E-state index contributed by atoms with van der Waals surface area (Å²) >= 11 is 0. The standard InChI is InChI=1S/C28H31F4N5O5/c1-36(2)23(38)9-5-4-7-21(35-27(41)42-3)25(39)34-22-8-6-12-37(26(22)40)16-20-15-18-14-19(29)13-17(24(18)33-20)10-11-28(30,31)32/h5-6,8-9,12-15,21,33H,4,7,10-11,16H2,1-3H3,(H,34,39)(H,35,41)/b9-5+/t21-/m0/s1. The normalized spacial score (nSPS) is 12.4. The minimum absolute atomic E-state index is 0.0495. The van der Waals surface area contributed by atoms with E-state index < -0.39 is 48.4 Å². The molecule has 0 aliphatic carbocycles. The molecule has 3 amide bonds. The molecule has 0 radical (unpaired) electrons. The Bertz CT molecular complexity index is 1530. The minimum atomic E-state index is -4.40. The van der Waals surface area contributed by atoms with Crippen LogP contribution in [0.5, 0.6) is 0 Å². The van der Waals surface area contributed by atoms with Gasteiger partial charge in [-0.1, -0.05) is 6.08 Å². The van der Waals surface area contributed by atoms with Crippen molar-refractivity contribution >= 4 is 34.5 Å². The van der Waals surface area contributed by atoms with Crippen LogP contribution in [0, 0.1) is 5.82 Å². The predicted octanol–water partition coefficient (Wildman–Crippen LogP) is 4.10. The number of amides is 3. The largest absolute Gasteiger partial charge is 0.453 e. The lowest BCUT2D eigenvalue weighted by Gasteiger charge is -2.17. The van der Waals surface area contributed by atoms with Gasteiger partial charge in [-0.05, 0) is 61.2 Å². The van der Waals surface area contributed by atoms with Crippen LogP contribution in [0.4, 0.5) is 28.0 Å². The smallest absolute Gasteiger partial charge is 0.407 e. The van der Waals surface area contributed by atoms with Gasteiger partial charge in [0, 0.05) is 43.3 Å². The van der Waals surface area contributed by atoms with Crippen LogP contribution in [0.2, 0.25) is 0 Å². The monoisotopic (exact) mass is 593 g/mol. The molecule has 10 nitrogen and oxygen atoms in total. The van der Waals surface area contributed by atoms with Crippen LogP contribution < -0.4 is 16.2 Å². The molecule has 0 aliphatic rings. The number of aromatic amines is 1. The van der Waals surface area contributed by atoms with E-state index >= 15 is 0 Å². The quantitative estimate of drug-likeness (QED) is 0.228. The molecule has 0 aliphatic heterocycles. The van der Waals surface area contributed by atoms with Crippen LogP contribution in [0.25, 0.3) is 10.9 Å². The molecule has 3 N–H and O–H groups in total. The number of alkyl carbamates (subject to hydrolysis) is 1. The molecule has 0 bridgehead atoms. The van der Waals surface area contributed by atoms with Gasteiger partial charge >= 0.3 is 12.3 Å². The maximum absolute atomic E-state index is 14.1. The number of methoxy groups -OCH3 is 1. The number of hydrogen-bond acceptors (Lipinski definition) is 5. The number of likely N-dealkylation sites (N-methyl/N-ethyl adjacent to an activating group) is 1. The van der Waals surface area contributed by atoms with E-state index in [-0.39, 0.29) is 36.5 Å². The molecule has 1 aromatic carbocycles. The zero-order chi connectivity index (χ0) is 31.0. The van der Waals surface area contributed by atoms with Crippen molar-refractivity contribution in [2.45, 2.75) is 44.4 Å². The molecule has 2 aromatic heterocycles. The Kier molecular flexibility index (Phi) is 10.5. The lowest BCUT2D eigenvalue weighted by Crippen LogP contribution is -2.44. The first-order valence-corrected chi connectivity index (χ1v) is 12.9. The summed E-state index contributed by atoms with van der Waals surface area (Å²) in [6.45, 7) is -0.0495. The molecule has 0 fully saturated rings. The number of carbonyl (C=O) groups excluding carboxylic acids is 3. The highest BCUT2D eigenvalue weighted by Crippen LogP contribution is 2.27. The Morgan fingerprint density at radius 1 is 1.19 bits per heavy atom. The number of allylic oxidation sites excluding steroid dienone is 1. The molecule has 1 atom stereocenters. The van der Waals surface area contributed by atoms with Gasteiger partial charge in [0.25, 0.3) is 5.56 Å². The summed E-state index contributed by atoms with van der Waals surface area (Å²) in [6.07, 6.45) is -2.10. The van der Waals surface area contributed by atoms with E-state index in [9.17, 15) is 36.7 Å². The van der Waals surface area contributed by atoms with Crippen LogP contribution in [-0.2, 0) is 27.3 Å². The zero-order valence-corrected chi connectivity index (χ0v) is 23.2. The van der Waals surface area contributed by atoms with Crippen LogP contribution >= 0.6 is 0 Å². The van der Waals surface area contributed by atoms with Gasteiger partial charge in [0.15, 0.2) is 0 Å². The maximum atomic E-state index is 14.1. The molecule has 3 rings (SSSR count). The molecule has 0 saturated carbocycles. The lowest BCUT2D eigenvalue weighted by molar-refractivity contribution is -0.134. The van der Waals surface area contributed by atoms with Crippen molar-refractivity contribution in [3.05, 3.63) is 76.1 Å². The van der Waals surface area contributed by atoms with E-state index in [2.05, 4.69) is 20.4 Å². The van der Waals surface area contributed by atoms with Crippen molar-refractivity contribution in [2.24, 2.45) is 0 Å². The molecular formula is C28H31F4N5O5. The lowest BCUT2D eigenvalue weighted by atomic mass is 10.1. The summed E-state index contributed by atoms with van der Waals surface area (Å²) < 4.78 is 58.2. The fourth-order valence-electron chi connectivity index (χ4n) is 4.12. The van der Waals surface area contributed by atoms with Gasteiger partial charge in [0.1, 0.15) is 17.5 Å². The molecule has 3 aromatic rings. The number of aryl methyl sites for hydroxylation is 1. The van der Waals surface area contributed by atoms with Crippen molar-refractivity contribution in [1.82, 2.24) is 19.8 Å². The number of nitrogens with one attached hydrogen (secondary N) is 3. The third-order valence-electron chi connectivity index (χ3n) is 6.24. The predicted molar refractivity (Wildman–Crippen MR) is 147 cm³/mol. The fraction of sp³-hybridized carbons (Fsp3) is 0.357. The first-order chi connectivity index (χ1) is 19.8. The maximum Gasteiger partial charge on any atom is 0.407 e. The topological polar surface area (TPSA) is 126 Å².